The van der Waals surface area contributed by atoms with E-state index < -0.39 is 15.6 Å². The fourth-order valence-corrected chi connectivity index (χ4v) is 1.74. The van der Waals surface area contributed by atoms with Crippen LogP contribution in [0.25, 0.3) is 0 Å². The summed E-state index contributed by atoms with van der Waals surface area (Å²) < 4.78 is 22.1. The molecule has 0 atom stereocenters. The van der Waals surface area contributed by atoms with Crippen LogP contribution in [-0.4, -0.2) is 26.4 Å². The topological polar surface area (TPSA) is 115 Å². The minimum absolute atomic E-state index is 0.0304. The fraction of sp³-hybridized carbons (Fsp3) is 0.364. The van der Waals surface area contributed by atoms with Crippen LogP contribution in [-0.2, 0) is 10.0 Å². The number of carbonyl (C=O) groups is 1. The molecule has 100 valence electrons. The smallest absolute Gasteiger partial charge is 0.251 e. The first-order valence-electron chi connectivity index (χ1n) is 5.31. The maximum atomic E-state index is 11.8. The number of primary sulfonamides is 1. The lowest BCUT2D eigenvalue weighted by Crippen LogP contribution is -2.48. The quantitative estimate of drug-likeness (QED) is 0.703. The van der Waals surface area contributed by atoms with Crippen LogP contribution in [0.1, 0.15) is 24.2 Å². The van der Waals surface area contributed by atoms with Gasteiger partial charge >= 0.3 is 0 Å². The lowest BCUT2D eigenvalue weighted by molar-refractivity contribution is 0.0915. The van der Waals surface area contributed by atoms with Crippen molar-refractivity contribution in [3.05, 3.63) is 29.8 Å². The molecule has 7 heteroatoms. The Morgan fingerprint density at radius 3 is 2.17 bits per heavy atom. The number of carbonyl (C=O) groups excluding carboxylic acids is 1. The highest BCUT2D eigenvalue weighted by molar-refractivity contribution is 7.89. The van der Waals surface area contributed by atoms with Crippen LogP contribution in [0.3, 0.4) is 0 Å². The van der Waals surface area contributed by atoms with Crippen molar-refractivity contribution >= 4 is 15.9 Å². The molecule has 0 fully saturated rings. The summed E-state index contributed by atoms with van der Waals surface area (Å²) in [7, 11) is -3.74. The van der Waals surface area contributed by atoms with Crippen molar-refractivity contribution in [2.75, 3.05) is 6.54 Å². The SMILES string of the molecule is CC(C)(CN)NC(=O)c1ccc(S(N)(=O)=O)cc1. The summed E-state index contributed by atoms with van der Waals surface area (Å²) in [5.74, 6) is -0.314. The van der Waals surface area contributed by atoms with Gasteiger partial charge in [-0.3, -0.25) is 4.79 Å². The van der Waals surface area contributed by atoms with E-state index in [0.29, 0.717) is 12.1 Å². The van der Waals surface area contributed by atoms with Gasteiger partial charge in [0, 0.05) is 17.6 Å². The van der Waals surface area contributed by atoms with E-state index in [1.54, 1.807) is 13.8 Å². The first kappa shape index (κ1) is 14.6. The second kappa shape index (κ2) is 5.05. The van der Waals surface area contributed by atoms with E-state index in [4.69, 9.17) is 10.9 Å². The summed E-state index contributed by atoms with van der Waals surface area (Å²) in [6, 6.07) is 5.39. The first-order valence-corrected chi connectivity index (χ1v) is 6.86. The van der Waals surface area contributed by atoms with Crippen molar-refractivity contribution < 1.29 is 13.2 Å². The Kier molecular flexibility index (Phi) is 4.10. The van der Waals surface area contributed by atoms with Gasteiger partial charge in [-0.05, 0) is 38.1 Å². The molecular weight excluding hydrogens is 254 g/mol. The number of nitrogens with one attached hydrogen (secondary N) is 1. The molecule has 1 rings (SSSR count). The number of benzene rings is 1. The van der Waals surface area contributed by atoms with Gasteiger partial charge in [-0.15, -0.1) is 0 Å². The Labute approximate surface area is 106 Å². The molecule has 1 aromatic carbocycles. The van der Waals surface area contributed by atoms with Crippen molar-refractivity contribution in [3.63, 3.8) is 0 Å². The van der Waals surface area contributed by atoms with Gasteiger partial charge in [0.2, 0.25) is 10.0 Å². The molecule has 5 N–H and O–H groups in total. The summed E-state index contributed by atoms with van der Waals surface area (Å²) >= 11 is 0. The Hall–Kier alpha value is -1.44. The van der Waals surface area contributed by atoms with E-state index >= 15 is 0 Å². The van der Waals surface area contributed by atoms with E-state index in [2.05, 4.69) is 5.32 Å². The molecule has 0 aliphatic carbocycles. The zero-order valence-electron chi connectivity index (χ0n) is 10.3. The highest BCUT2D eigenvalue weighted by atomic mass is 32.2. The van der Waals surface area contributed by atoms with Crippen LogP contribution in [0.2, 0.25) is 0 Å². The molecular formula is C11H17N3O3S. The van der Waals surface area contributed by atoms with Gasteiger partial charge in [-0.25, -0.2) is 13.6 Å². The average Bonchev–Trinajstić information content (AvgIpc) is 2.27. The lowest BCUT2D eigenvalue weighted by atomic mass is 10.1. The third-order valence-corrected chi connectivity index (χ3v) is 3.34. The molecule has 18 heavy (non-hydrogen) atoms. The van der Waals surface area contributed by atoms with Crippen molar-refractivity contribution in [1.29, 1.82) is 0 Å². The van der Waals surface area contributed by atoms with E-state index in [1.165, 1.54) is 24.3 Å². The highest BCUT2D eigenvalue weighted by Crippen LogP contribution is 2.10. The third-order valence-electron chi connectivity index (χ3n) is 2.41. The molecule has 0 spiro atoms. The van der Waals surface area contributed by atoms with Crippen LogP contribution in [0.5, 0.6) is 0 Å². The predicted molar refractivity (Wildman–Crippen MR) is 68.4 cm³/mol. The normalized spacial score (nSPS) is 12.2. The van der Waals surface area contributed by atoms with Gasteiger partial charge in [0.05, 0.1) is 4.90 Å². The second-order valence-corrected chi connectivity index (χ2v) is 6.17. The minimum atomic E-state index is -3.74. The zero-order valence-corrected chi connectivity index (χ0v) is 11.1. The molecule has 0 heterocycles. The van der Waals surface area contributed by atoms with Crippen LogP contribution >= 0.6 is 0 Å². The van der Waals surface area contributed by atoms with Gasteiger partial charge in [0.25, 0.3) is 5.91 Å². The van der Waals surface area contributed by atoms with Crippen LogP contribution in [0, 0.1) is 0 Å². The summed E-state index contributed by atoms with van der Waals surface area (Å²) in [6.45, 7) is 3.89. The third kappa shape index (κ3) is 3.80. The highest BCUT2D eigenvalue weighted by Gasteiger charge is 2.19. The van der Waals surface area contributed by atoms with E-state index in [1.807, 2.05) is 0 Å². The largest absolute Gasteiger partial charge is 0.346 e. The van der Waals surface area contributed by atoms with Crippen molar-refractivity contribution in [2.45, 2.75) is 24.3 Å². The van der Waals surface area contributed by atoms with Gasteiger partial charge in [-0.2, -0.15) is 0 Å². The molecule has 6 nitrogen and oxygen atoms in total. The zero-order chi connectivity index (χ0) is 14.0. The van der Waals surface area contributed by atoms with E-state index in [9.17, 15) is 13.2 Å². The van der Waals surface area contributed by atoms with E-state index in [-0.39, 0.29) is 10.8 Å². The molecule has 1 amide bonds. The van der Waals surface area contributed by atoms with Crippen LogP contribution in [0.15, 0.2) is 29.2 Å². The summed E-state index contributed by atoms with van der Waals surface area (Å²) in [5.41, 5.74) is 5.34. The van der Waals surface area contributed by atoms with Crippen molar-refractivity contribution in [1.82, 2.24) is 5.32 Å². The molecule has 0 bridgehead atoms. The molecule has 0 aliphatic rings. The van der Waals surface area contributed by atoms with Crippen LogP contribution in [0.4, 0.5) is 0 Å². The molecule has 0 saturated heterocycles. The van der Waals surface area contributed by atoms with Gasteiger partial charge in [0.15, 0.2) is 0 Å². The van der Waals surface area contributed by atoms with Gasteiger partial charge in [0.1, 0.15) is 0 Å². The number of hydrogen-bond acceptors (Lipinski definition) is 4. The number of sulfonamides is 1. The Morgan fingerprint density at radius 2 is 1.78 bits per heavy atom. The maximum Gasteiger partial charge on any atom is 0.251 e. The number of amides is 1. The molecule has 0 aliphatic heterocycles. The van der Waals surface area contributed by atoms with Gasteiger partial charge in [-0.1, -0.05) is 0 Å². The number of hydrogen-bond donors (Lipinski definition) is 3. The standard InChI is InChI=1S/C11H17N3O3S/c1-11(2,7-12)14-10(15)8-3-5-9(6-4-8)18(13,16)17/h3-6H,7,12H2,1-2H3,(H,14,15)(H2,13,16,17). The maximum absolute atomic E-state index is 11.8. The second-order valence-electron chi connectivity index (χ2n) is 4.61. The summed E-state index contributed by atoms with van der Waals surface area (Å²) in [4.78, 5) is 11.8. The lowest BCUT2D eigenvalue weighted by Gasteiger charge is -2.24. The Bertz CT molecular complexity index is 535. The van der Waals surface area contributed by atoms with Crippen LogP contribution < -0.4 is 16.2 Å². The molecule has 0 saturated carbocycles. The monoisotopic (exact) mass is 271 g/mol. The van der Waals surface area contributed by atoms with Crippen molar-refractivity contribution in [3.8, 4) is 0 Å². The minimum Gasteiger partial charge on any atom is -0.346 e. The Morgan fingerprint density at radius 1 is 1.28 bits per heavy atom. The molecule has 0 radical (unpaired) electrons. The predicted octanol–water partition coefficient (Wildman–Crippen LogP) is -0.199. The fourth-order valence-electron chi connectivity index (χ4n) is 1.23. The number of nitrogens with two attached hydrogens (primary N) is 2. The first-order chi connectivity index (χ1) is 8.15. The van der Waals surface area contributed by atoms with Gasteiger partial charge < -0.3 is 11.1 Å². The average molecular weight is 271 g/mol. The molecule has 0 aromatic heterocycles. The Balaban J connectivity index is 2.90. The summed E-state index contributed by atoms with van der Waals surface area (Å²) in [5, 5.41) is 7.70. The van der Waals surface area contributed by atoms with E-state index in [0.717, 1.165) is 0 Å². The molecule has 0 unspecified atom stereocenters. The number of rotatable bonds is 4. The van der Waals surface area contributed by atoms with Crippen molar-refractivity contribution in [2.24, 2.45) is 10.9 Å². The molecule has 1 aromatic rings. The summed E-state index contributed by atoms with van der Waals surface area (Å²) in [6.07, 6.45) is 0.